The van der Waals surface area contributed by atoms with E-state index in [0.717, 1.165) is 32.0 Å². The van der Waals surface area contributed by atoms with Gasteiger partial charge in [-0.15, -0.1) is 11.3 Å². The van der Waals surface area contributed by atoms with Gasteiger partial charge in [-0.05, 0) is 50.7 Å². The fourth-order valence-electron chi connectivity index (χ4n) is 2.68. The van der Waals surface area contributed by atoms with E-state index in [1.807, 2.05) is 11.3 Å². The van der Waals surface area contributed by atoms with E-state index < -0.39 is 0 Å². The Morgan fingerprint density at radius 1 is 1.33 bits per heavy atom. The second kappa shape index (κ2) is 9.05. The highest BCUT2D eigenvalue weighted by Crippen LogP contribution is 2.28. The molecule has 0 bridgehead atoms. The zero-order valence-electron chi connectivity index (χ0n) is 13.3. The van der Waals surface area contributed by atoms with Crippen molar-refractivity contribution in [1.29, 1.82) is 0 Å². The largest absolute Gasteiger partial charge is 0.357 e. The third kappa shape index (κ3) is 5.00. The van der Waals surface area contributed by atoms with Crippen LogP contribution in [0.2, 0.25) is 0 Å². The van der Waals surface area contributed by atoms with Crippen molar-refractivity contribution in [2.24, 2.45) is 4.99 Å². The Morgan fingerprint density at radius 2 is 2.14 bits per heavy atom. The Labute approximate surface area is 132 Å². The average molecular weight is 308 g/mol. The van der Waals surface area contributed by atoms with E-state index in [1.54, 1.807) is 0 Å². The molecule has 4 nitrogen and oxygen atoms in total. The van der Waals surface area contributed by atoms with Gasteiger partial charge >= 0.3 is 0 Å². The second-order valence-corrected chi connectivity index (χ2v) is 6.40. The molecule has 0 radical (unpaired) electrons. The first-order valence-electron chi connectivity index (χ1n) is 8.14. The number of hydrogen-bond acceptors (Lipinski definition) is 3. The molecule has 0 aliphatic carbocycles. The van der Waals surface area contributed by atoms with Gasteiger partial charge < -0.3 is 10.6 Å². The highest BCUT2D eigenvalue weighted by molar-refractivity contribution is 7.10. The first-order valence-corrected chi connectivity index (χ1v) is 9.02. The van der Waals surface area contributed by atoms with Gasteiger partial charge in [0, 0.05) is 18.0 Å². The van der Waals surface area contributed by atoms with Crippen LogP contribution in [0.1, 0.15) is 44.0 Å². The summed E-state index contributed by atoms with van der Waals surface area (Å²) >= 11 is 1.85. The van der Waals surface area contributed by atoms with Gasteiger partial charge in [0.25, 0.3) is 0 Å². The lowest BCUT2D eigenvalue weighted by atomic mass is 10.2. The first kappa shape index (κ1) is 16.3. The fraction of sp³-hybridized carbons (Fsp3) is 0.688. The molecule has 21 heavy (non-hydrogen) atoms. The summed E-state index contributed by atoms with van der Waals surface area (Å²) in [6.07, 6.45) is 3.75. The number of thiophene rings is 1. The number of hydrogen-bond donors (Lipinski definition) is 2. The minimum absolute atomic E-state index is 0.435. The molecule has 0 spiro atoms. The van der Waals surface area contributed by atoms with E-state index in [0.29, 0.717) is 6.04 Å². The predicted octanol–water partition coefficient (Wildman–Crippen LogP) is 2.85. The molecule has 118 valence electrons. The van der Waals surface area contributed by atoms with Crippen molar-refractivity contribution in [3.8, 4) is 0 Å². The zero-order chi connectivity index (χ0) is 14.9. The number of guanidine groups is 1. The van der Waals surface area contributed by atoms with Gasteiger partial charge in [-0.3, -0.25) is 9.89 Å². The van der Waals surface area contributed by atoms with Crippen molar-refractivity contribution in [1.82, 2.24) is 15.5 Å². The molecule has 1 atom stereocenters. The average Bonchev–Trinajstić information content (AvgIpc) is 3.18. The minimum atomic E-state index is 0.435. The lowest BCUT2D eigenvalue weighted by molar-refractivity contribution is 0.255. The molecule has 2 rings (SSSR count). The number of nitrogens with zero attached hydrogens (tertiary/aromatic N) is 2. The SMILES string of the molecule is CCCNC(=NCC(c1cccs1)N1CCCC1)NCC. The molecule has 5 heteroatoms. The molecular formula is C16H28N4S. The Kier molecular flexibility index (Phi) is 7.03. The topological polar surface area (TPSA) is 39.7 Å². The maximum atomic E-state index is 4.81. The van der Waals surface area contributed by atoms with Crippen LogP contribution < -0.4 is 10.6 Å². The standard InChI is InChI=1S/C16H28N4S/c1-3-9-18-16(17-4-2)19-13-14(15-8-7-12-21-15)20-10-5-6-11-20/h7-8,12,14H,3-6,9-11,13H2,1-2H3,(H2,17,18,19). The van der Waals surface area contributed by atoms with Crippen LogP contribution in [0.3, 0.4) is 0 Å². The minimum Gasteiger partial charge on any atom is -0.357 e. The molecule has 2 heterocycles. The van der Waals surface area contributed by atoms with Crippen LogP contribution >= 0.6 is 11.3 Å². The highest BCUT2D eigenvalue weighted by Gasteiger charge is 2.24. The number of rotatable bonds is 7. The molecule has 0 aromatic carbocycles. The van der Waals surface area contributed by atoms with Crippen LogP contribution in [0.15, 0.2) is 22.5 Å². The molecule has 1 aromatic heterocycles. The van der Waals surface area contributed by atoms with Gasteiger partial charge in [-0.1, -0.05) is 13.0 Å². The highest BCUT2D eigenvalue weighted by atomic mass is 32.1. The van der Waals surface area contributed by atoms with Gasteiger partial charge in [0.1, 0.15) is 0 Å². The van der Waals surface area contributed by atoms with Gasteiger partial charge in [0.2, 0.25) is 0 Å². The van der Waals surface area contributed by atoms with Crippen molar-refractivity contribution in [3.63, 3.8) is 0 Å². The van der Waals surface area contributed by atoms with Gasteiger partial charge in [-0.25, -0.2) is 0 Å². The summed E-state index contributed by atoms with van der Waals surface area (Å²) in [6.45, 7) is 9.41. The van der Waals surface area contributed by atoms with Gasteiger partial charge in [0.05, 0.1) is 12.6 Å². The van der Waals surface area contributed by atoms with Crippen LogP contribution in [0.5, 0.6) is 0 Å². The monoisotopic (exact) mass is 308 g/mol. The summed E-state index contributed by atoms with van der Waals surface area (Å²) in [6, 6.07) is 4.83. The fourth-order valence-corrected chi connectivity index (χ4v) is 3.53. The van der Waals surface area contributed by atoms with Crippen LogP contribution in [-0.4, -0.2) is 43.6 Å². The smallest absolute Gasteiger partial charge is 0.191 e. The summed E-state index contributed by atoms with van der Waals surface area (Å²) < 4.78 is 0. The Hall–Kier alpha value is -1.07. The molecule has 1 fully saturated rings. The zero-order valence-corrected chi connectivity index (χ0v) is 14.1. The van der Waals surface area contributed by atoms with Crippen LogP contribution in [0, 0.1) is 0 Å². The number of nitrogens with one attached hydrogen (secondary N) is 2. The summed E-state index contributed by atoms with van der Waals surface area (Å²) in [5.41, 5.74) is 0. The van der Waals surface area contributed by atoms with Crippen molar-refractivity contribution >= 4 is 17.3 Å². The summed E-state index contributed by atoms with van der Waals surface area (Å²) in [5.74, 6) is 0.945. The third-order valence-corrected chi connectivity index (χ3v) is 4.74. The van der Waals surface area contributed by atoms with Crippen molar-refractivity contribution in [2.45, 2.75) is 39.2 Å². The maximum absolute atomic E-state index is 4.81. The molecule has 1 aromatic rings. The number of aliphatic imine (C=N–C) groups is 1. The van der Waals surface area contributed by atoms with Crippen molar-refractivity contribution in [3.05, 3.63) is 22.4 Å². The second-order valence-electron chi connectivity index (χ2n) is 5.42. The third-order valence-electron chi connectivity index (χ3n) is 3.76. The van der Waals surface area contributed by atoms with E-state index >= 15 is 0 Å². The Balaban J connectivity index is 2.02. The Morgan fingerprint density at radius 3 is 2.76 bits per heavy atom. The van der Waals surface area contributed by atoms with Crippen molar-refractivity contribution < 1.29 is 0 Å². The predicted molar refractivity (Wildman–Crippen MR) is 92.1 cm³/mol. The van der Waals surface area contributed by atoms with E-state index in [9.17, 15) is 0 Å². The van der Waals surface area contributed by atoms with Crippen molar-refractivity contribution in [2.75, 3.05) is 32.7 Å². The summed E-state index contributed by atoms with van der Waals surface area (Å²) in [4.78, 5) is 8.83. The molecule has 1 aliphatic rings. The van der Waals surface area contributed by atoms with E-state index in [2.05, 4.69) is 46.9 Å². The number of likely N-dealkylation sites (tertiary alicyclic amines) is 1. The van der Waals surface area contributed by atoms with Crippen LogP contribution in [-0.2, 0) is 0 Å². The van der Waals surface area contributed by atoms with Crippen LogP contribution in [0.25, 0.3) is 0 Å². The molecular weight excluding hydrogens is 280 g/mol. The van der Waals surface area contributed by atoms with Crippen LogP contribution in [0.4, 0.5) is 0 Å². The molecule has 0 amide bonds. The quantitative estimate of drug-likeness (QED) is 0.601. The van der Waals surface area contributed by atoms with Gasteiger partial charge in [0.15, 0.2) is 5.96 Å². The lowest BCUT2D eigenvalue weighted by Gasteiger charge is -2.25. The van der Waals surface area contributed by atoms with E-state index in [1.165, 1.54) is 30.8 Å². The maximum Gasteiger partial charge on any atom is 0.191 e. The van der Waals surface area contributed by atoms with Gasteiger partial charge in [-0.2, -0.15) is 0 Å². The first-order chi connectivity index (χ1) is 10.3. The summed E-state index contributed by atoms with van der Waals surface area (Å²) in [7, 11) is 0. The van der Waals surface area contributed by atoms with E-state index in [-0.39, 0.29) is 0 Å². The van der Waals surface area contributed by atoms with E-state index in [4.69, 9.17) is 4.99 Å². The molecule has 2 N–H and O–H groups in total. The molecule has 0 saturated carbocycles. The molecule has 1 unspecified atom stereocenters. The molecule has 1 saturated heterocycles. The molecule has 1 aliphatic heterocycles. The summed E-state index contributed by atoms with van der Waals surface area (Å²) in [5, 5.41) is 8.89. The Bertz CT molecular complexity index is 410. The normalized spacial score (nSPS) is 17.9. The lowest BCUT2D eigenvalue weighted by Crippen LogP contribution is -2.38.